The van der Waals surface area contributed by atoms with Gasteiger partial charge in [-0.2, -0.15) is 4.68 Å². The second-order valence-electron chi connectivity index (χ2n) is 4.00. The highest BCUT2D eigenvalue weighted by molar-refractivity contribution is 5.71. The van der Waals surface area contributed by atoms with Crippen LogP contribution in [0.3, 0.4) is 0 Å². The highest BCUT2D eigenvalue weighted by Gasteiger charge is 2.14. The van der Waals surface area contributed by atoms with E-state index in [1.54, 1.807) is 14.0 Å². The molecule has 0 atom stereocenters. The highest BCUT2D eigenvalue weighted by Crippen LogP contribution is 2.22. The van der Waals surface area contributed by atoms with E-state index in [4.69, 9.17) is 4.74 Å². The molecule has 0 aliphatic rings. The van der Waals surface area contributed by atoms with E-state index in [2.05, 4.69) is 20.3 Å². The largest absolute Gasteiger partial charge is 0.494 e. The van der Waals surface area contributed by atoms with Gasteiger partial charge < -0.3 is 9.72 Å². The van der Waals surface area contributed by atoms with Gasteiger partial charge in [-0.3, -0.25) is 4.79 Å². The molecule has 0 amide bonds. The first-order valence-corrected chi connectivity index (χ1v) is 5.66. The molecule has 0 saturated carbocycles. The Balaban J connectivity index is 2.35. The number of aromatic amines is 1. The van der Waals surface area contributed by atoms with Crippen molar-refractivity contribution >= 4 is 11.2 Å². The number of H-pyrrole nitrogens is 1. The average Bonchev–Trinajstić information content (AvgIpc) is 2.82. The Labute approximate surface area is 107 Å². The van der Waals surface area contributed by atoms with Crippen molar-refractivity contribution in [3.05, 3.63) is 40.4 Å². The van der Waals surface area contributed by atoms with Crippen molar-refractivity contribution in [2.24, 2.45) is 0 Å². The Kier molecular flexibility index (Phi) is 2.52. The van der Waals surface area contributed by atoms with Crippen LogP contribution in [0.2, 0.25) is 0 Å². The summed E-state index contributed by atoms with van der Waals surface area (Å²) in [7, 11) is 1.57. The van der Waals surface area contributed by atoms with Gasteiger partial charge in [-0.05, 0) is 19.1 Å². The molecule has 0 fully saturated rings. The van der Waals surface area contributed by atoms with Crippen molar-refractivity contribution in [1.29, 1.82) is 0 Å². The Morgan fingerprint density at radius 1 is 1.32 bits per heavy atom. The number of nitrogens with one attached hydrogen (secondary N) is 1. The molecular weight excluding hydrogens is 246 g/mol. The van der Waals surface area contributed by atoms with E-state index in [1.807, 2.05) is 24.3 Å². The van der Waals surface area contributed by atoms with Crippen LogP contribution < -0.4 is 10.3 Å². The van der Waals surface area contributed by atoms with E-state index >= 15 is 0 Å². The smallest absolute Gasteiger partial charge is 0.281 e. The number of aromatic nitrogens is 5. The minimum absolute atomic E-state index is 0.205. The lowest BCUT2D eigenvalue weighted by atomic mass is 10.3. The molecule has 3 rings (SSSR count). The number of rotatable bonds is 2. The number of aryl methyl sites for hydroxylation is 1. The van der Waals surface area contributed by atoms with E-state index in [0.29, 0.717) is 22.9 Å². The number of fused-ring (bicyclic) bond motifs is 1. The topological polar surface area (TPSA) is 85.7 Å². The molecular formula is C12H11N5O2. The van der Waals surface area contributed by atoms with Crippen LogP contribution in [-0.4, -0.2) is 32.1 Å². The van der Waals surface area contributed by atoms with Crippen LogP contribution in [0, 0.1) is 6.92 Å². The second kappa shape index (κ2) is 4.20. The van der Waals surface area contributed by atoms with E-state index in [-0.39, 0.29) is 11.1 Å². The van der Waals surface area contributed by atoms with Gasteiger partial charge in [0.2, 0.25) is 0 Å². The van der Waals surface area contributed by atoms with Crippen molar-refractivity contribution in [3.63, 3.8) is 0 Å². The van der Waals surface area contributed by atoms with E-state index in [1.165, 1.54) is 4.68 Å². The quantitative estimate of drug-likeness (QED) is 0.734. The molecule has 19 heavy (non-hydrogen) atoms. The number of methoxy groups -OCH3 is 1. The molecule has 1 N–H and O–H groups in total. The molecule has 0 spiro atoms. The van der Waals surface area contributed by atoms with Gasteiger partial charge in [0.25, 0.3) is 5.56 Å². The fraction of sp³-hybridized carbons (Fsp3) is 0.167. The lowest BCUT2D eigenvalue weighted by molar-refractivity contribution is 0.411. The maximum absolute atomic E-state index is 11.8. The summed E-state index contributed by atoms with van der Waals surface area (Å²) in [5.41, 5.74) is 0.996. The third-order valence-corrected chi connectivity index (χ3v) is 2.74. The molecule has 7 nitrogen and oxygen atoms in total. The van der Waals surface area contributed by atoms with Crippen molar-refractivity contribution in [3.8, 4) is 11.4 Å². The molecule has 0 saturated heterocycles. The summed E-state index contributed by atoms with van der Waals surface area (Å²) in [5, 5.41) is 7.84. The zero-order valence-electron chi connectivity index (χ0n) is 10.4. The first-order chi connectivity index (χ1) is 9.20. The maximum atomic E-state index is 11.8. The zero-order valence-corrected chi connectivity index (χ0v) is 10.4. The zero-order chi connectivity index (χ0) is 13.4. The molecule has 7 heteroatoms. The third kappa shape index (κ3) is 1.75. The SMILES string of the molecule is COc1ccccc1-n1nnc2c(=O)[nH]c(C)nc21. The number of hydrogen-bond acceptors (Lipinski definition) is 5. The number of benzene rings is 1. The lowest BCUT2D eigenvalue weighted by Crippen LogP contribution is -2.10. The van der Waals surface area contributed by atoms with Gasteiger partial charge in [0.1, 0.15) is 17.3 Å². The third-order valence-electron chi connectivity index (χ3n) is 2.74. The first-order valence-electron chi connectivity index (χ1n) is 5.66. The minimum Gasteiger partial charge on any atom is -0.494 e. The summed E-state index contributed by atoms with van der Waals surface area (Å²) < 4.78 is 6.77. The van der Waals surface area contributed by atoms with Gasteiger partial charge in [0, 0.05) is 0 Å². The fourth-order valence-electron chi connectivity index (χ4n) is 1.90. The molecule has 3 aromatic rings. The number of ether oxygens (including phenoxy) is 1. The Bertz CT molecular complexity index is 805. The highest BCUT2D eigenvalue weighted by atomic mass is 16.5. The van der Waals surface area contributed by atoms with Crippen LogP contribution in [0.15, 0.2) is 29.1 Å². The molecule has 0 bridgehead atoms. The molecule has 0 aliphatic heterocycles. The van der Waals surface area contributed by atoms with Crippen LogP contribution >= 0.6 is 0 Å². The number of para-hydroxylation sites is 2. The summed E-state index contributed by atoms with van der Waals surface area (Å²) >= 11 is 0. The summed E-state index contributed by atoms with van der Waals surface area (Å²) in [5.74, 6) is 1.14. The lowest BCUT2D eigenvalue weighted by Gasteiger charge is -2.07. The van der Waals surface area contributed by atoms with Gasteiger partial charge in [0.15, 0.2) is 11.2 Å². The molecule has 96 valence electrons. The van der Waals surface area contributed by atoms with Gasteiger partial charge in [-0.1, -0.05) is 17.3 Å². The molecule has 2 aromatic heterocycles. The van der Waals surface area contributed by atoms with Crippen LogP contribution in [0.4, 0.5) is 0 Å². The van der Waals surface area contributed by atoms with Gasteiger partial charge in [-0.25, -0.2) is 4.98 Å². The van der Waals surface area contributed by atoms with Gasteiger partial charge in [0.05, 0.1) is 7.11 Å². The molecule has 0 radical (unpaired) electrons. The molecule has 0 aliphatic carbocycles. The van der Waals surface area contributed by atoms with Crippen LogP contribution in [0.5, 0.6) is 5.75 Å². The minimum atomic E-state index is -0.302. The van der Waals surface area contributed by atoms with Crippen molar-refractivity contribution in [1.82, 2.24) is 25.0 Å². The summed E-state index contributed by atoms with van der Waals surface area (Å²) in [6, 6.07) is 7.34. The van der Waals surface area contributed by atoms with Gasteiger partial charge in [-0.15, -0.1) is 5.10 Å². The molecule has 1 aromatic carbocycles. The maximum Gasteiger partial charge on any atom is 0.281 e. The van der Waals surface area contributed by atoms with Crippen LogP contribution in [0.25, 0.3) is 16.9 Å². The van der Waals surface area contributed by atoms with Crippen LogP contribution in [0.1, 0.15) is 5.82 Å². The van der Waals surface area contributed by atoms with Gasteiger partial charge >= 0.3 is 0 Å². The predicted molar refractivity (Wildman–Crippen MR) is 68.6 cm³/mol. The fourth-order valence-corrected chi connectivity index (χ4v) is 1.90. The van der Waals surface area contributed by atoms with Crippen molar-refractivity contribution in [2.75, 3.05) is 7.11 Å². The van der Waals surface area contributed by atoms with E-state index in [0.717, 1.165) is 0 Å². The molecule has 0 unspecified atom stereocenters. The average molecular weight is 257 g/mol. The summed E-state index contributed by atoms with van der Waals surface area (Å²) in [6.07, 6.45) is 0. The van der Waals surface area contributed by atoms with Crippen LogP contribution in [-0.2, 0) is 0 Å². The van der Waals surface area contributed by atoms with Crippen molar-refractivity contribution in [2.45, 2.75) is 6.92 Å². The normalized spacial score (nSPS) is 10.8. The predicted octanol–water partition coefficient (Wildman–Crippen LogP) is 0.821. The summed E-state index contributed by atoms with van der Waals surface area (Å²) in [6.45, 7) is 1.71. The number of hydrogen-bond donors (Lipinski definition) is 1. The van der Waals surface area contributed by atoms with E-state index in [9.17, 15) is 4.79 Å². The standard InChI is InChI=1S/C12H11N5O2/c1-7-13-11-10(12(18)14-7)15-16-17(11)8-5-3-4-6-9(8)19-2/h3-6H,1-2H3,(H,13,14,18). The second-order valence-corrected chi connectivity index (χ2v) is 4.00. The Morgan fingerprint density at radius 3 is 2.89 bits per heavy atom. The molecule has 2 heterocycles. The monoisotopic (exact) mass is 257 g/mol. The first kappa shape index (κ1) is 11.4. The number of nitrogens with zero attached hydrogens (tertiary/aromatic N) is 4. The summed E-state index contributed by atoms with van der Waals surface area (Å²) in [4.78, 5) is 18.6. The van der Waals surface area contributed by atoms with Crippen molar-refractivity contribution < 1.29 is 4.74 Å². The van der Waals surface area contributed by atoms with E-state index < -0.39 is 0 Å². The Morgan fingerprint density at radius 2 is 2.11 bits per heavy atom. The Hall–Kier alpha value is -2.70.